The van der Waals surface area contributed by atoms with Gasteiger partial charge in [0.05, 0.1) is 27.3 Å². The molecule has 1 atom stereocenters. The fraction of sp³-hybridized carbons (Fsp3) is 0.389. The van der Waals surface area contributed by atoms with Gasteiger partial charge in [0.25, 0.3) is 11.5 Å². The molecule has 6 rings (SSSR count). The molecule has 0 saturated carbocycles. The van der Waals surface area contributed by atoms with Gasteiger partial charge in [0, 0.05) is 49.9 Å². The number of nitrogens with zero attached hydrogens (tertiary/aromatic N) is 6. The number of rotatable bonds is 5. The molecule has 0 spiro atoms. The van der Waals surface area contributed by atoms with Crippen LogP contribution >= 0.6 is 11.3 Å². The first-order valence-corrected chi connectivity index (χ1v) is 17.3. The Kier molecular flexibility index (Phi) is 9.01. The number of benzene rings is 1. The van der Waals surface area contributed by atoms with Gasteiger partial charge in [0.1, 0.15) is 22.7 Å². The molecule has 3 N–H and O–H groups in total. The minimum absolute atomic E-state index is 0.0176. The molecule has 12 nitrogen and oxygen atoms in total. The van der Waals surface area contributed by atoms with Gasteiger partial charge in [-0.05, 0) is 64.3 Å². The summed E-state index contributed by atoms with van der Waals surface area (Å²) in [6.45, 7) is 13.8. The lowest BCUT2D eigenvalue weighted by Gasteiger charge is -2.42. The van der Waals surface area contributed by atoms with Gasteiger partial charge >= 0.3 is 6.09 Å². The third-order valence-electron chi connectivity index (χ3n) is 8.72. The number of hydrogen-bond donors (Lipinski definition) is 2. The first-order valence-electron chi connectivity index (χ1n) is 16.5. The number of nitrogen functional groups attached to an aromatic ring is 1. The van der Waals surface area contributed by atoms with Gasteiger partial charge in [0.15, 0.2) is 10.8 Å². The number of thiazole rings is 1. The third-order valence-corrected chi connectivity index (χ3v) is 9.57. The number of piperazine rings is 1. The van der Waals surface area contributed by atoms with Gasteiger partial charge in [-0.15, -0.1) is 0 Å². The van der Waals surface area contributed by atoms with Crippen LogP contribution in [0.15, 0.2) is 41.3 Å². The summed E-state index contributed by atoms with van der Waals surface area (Å²) in [6.07, 6.45) is 1.21. The molecule has 5 heterocycles. The number of ether oxygens (including phenoxy) is 1. The highest BCUT2D eigenvalue weighted by Gasteiger charge is 2.36. The van der Waals surface area contributed by atoms with E-state index in [0.29, 0.717) is 27.6 Å². The van der Waals surface area contributed by atoms with Crippen LogP contribution in [0.2, 0.25) is 0 Å². The summed E-state index contributed by atoms with van der Waals surface area (Å²) in [4.78, 5) is 59.3. The number of hydrogen-bond acceptors (Lipinski definition) is 10. The molecular weight excluding hydrogens is 660 g/mol. The zero-order valence-corrected chi connectivity index (χ0v) is 30.2. The molecule has 0 unspecified atom stereocenters. The average Bonchev–Trinajstić information content (AvgIpc) is 3.43. The molecule has 0 aliphatic carbocycles. The highest BCUT2D eigenvalue weighted by atomic mass is 32.1. The van der Waals surface area contributed by atoms with Crippen LogP contribution in [0.5, 0.6) is 0 Å². The van der Waals surface area contributed by atoms with E-state index in [1.165, 1.54) is 29.0 Å². The van der Waals surface area contributed by atoms with Crippen LogP contribution in [-0.2, 0) is 4.74 Å². The van der Waals surface area contributed by atoms with E-state index in [-0.39, 0.29) is 59.6 Å². The van der Waals surface area contributed by atoms with Crippen molar-refractivity contribution in [3.63, 3.8) is 0 Å². The maximum Gasteiger partial charge on any atom is 0.410 e. The Bertz CT molecular complexity index is 2220. The van der Waals surface area contributed by atoms with Gasteiger partial charge in [-0.1, -0.05) is 37.3 Å². The Morgan fingerprint density at radius 2 is 1.88 bits per heavy atom. The van der Waals surface area contributed by atoms with Crippen molar-refractivity contribution in [3.05, 3.63) is 69.5 Å². The van der Waals surface area contributed by atoms with Crippen molar-refractivity contribution in [1.29, 1.82) is 0 Å². The van der Waals surface area contributed by atoms with Crippen LogP contribution in [0.3, 0.4) is 0 Å². The molecule has 0 bridgehead atoms. The molecular formula is C36H41FN8O4S. The van der Waals surface area contributed by atoms with Crippen LogP contribution in [0.25, 0.3) is 38.2 Å². The molecule has 4 aromatic heterocycles. The normalized spacial score (nSPS) is 15.3. The number of aromatic nitrogens is 4. The molecule has 1 fully saturated rings. The second kappa shape index (κ2) is 13.0. The van der Waals surface area contributed by atoms with E-state index in [9.17, 15) is 14.4 Å². The minimum atomic E-state index is -0.685. The molecule has 14 heteroatoms. The lowest BCUT2D eigenvalue weighted by molar-refractivity contribution is 0.0159. The van der Waals surface area contributed by atoms with E-state index in [0.717, 1.165) is 10.3 Å². The summed E-state index contributed by atoms with van der Waals surface area (Å²) in [7, 11) is 1.44. The van der Waals surface area contributed by atoms with E-state index < -0.39 is 29.0 Å². The number of anilines is 2. The Morgan fingerprint density at radius 3 is 2.54 bits per heavy atom. The van der Waals surface area contributed by atoms with Crippen molar-refractivity contribution < 1.29 is 18.7 Å². The first kappa shape index (κ1) is 34.7. The van der Waals surface area contributed by atoms with Crippen molar-refractivity contribution in [1.82, 2.24) is 29.7 Å². The van der Waals surface area contributed by atoms with E-state index in [1.54, 1.807) is 50.1 Å². The van der Waals surface area contributed by atoms with Crippen LogP contribution < -0.4 is 21.5 Å². The summed E-state index contributed by atoms with van der Waals surface area (Å²) in [5.74, 6) is -1.41. The number of fused-ring (bicyclic) bond motifs is 2. The standard InChI is InChI=1S/C36H41FN8O4S/c1-18(2)26-29(19(3)12-13-40-26)45-31-22(16-23(37)27(41-31)21-10-9-11-24-28(21)42-34(38)50-24)30(25(33(45)47)32(46)39-8)43-14-15-44(20(4)17-43)35(48)49-36(5,6)7/h9-13,16,18,20H,14-15,17H2,1-8H3,(H2,38,42)(H,39,46)/t20-/m1/s1. The molecule has 1 aromatic carbocycles. The quantitative estimate of drug-likeness (QED) is 0.225. The zero-order valence-electron chi connectivity index (χ0n) is 29.4. The number of para-hydroxylation sites is 1. The fourth-order valence-electron chi connectivity index (χ4n) is 6.52. The average molecular weight is 701 g/mol. The van der Waals surface area contributed by atoms with Crippen LogP contribution in [0.1, 0.15) is 69.1 Å². The molecule has 5 aromatic rings. The van der Waals surface area contributed by atoms with Crippen molar-refractivity contribution in [2.45, 2.75) is 66.0 Å². The molecule has 0 radical (unpaired) electrons. The van der Waals surface area contributed by atoms with Crippen LogP contribution in [0.4, 0.5) is 20.0 Å². The Hall–Kier alpha value is -5.11. The van der Waals surface area contributed by atoms with Gasteiger partial charge in [0.2, 0.25) is 0 Å². The molecule has 50 heavy (non-hydrogen) atoms. The summed E-state index contributed by atoms with van der Waals surface area (Å²) >= 11 is 1.28. The molecule has 2 amide bonds. The highest BCUT2D eigenvalue weighted by Crippen LogP contribution is 2.38. The topological polar surface area (TPSA) is 149 Å². The number of carbonyl (C=O) groups is 2. The maximum atomic E-state index is 16.6. The van der Waals surface area contributed by atoms with Crippen LogP contribution in [0, 0.1) is 12.7 Å². The van der Waals surface area contributed by atoms with Gasteiger partial charge in [-0.25, -0.2) is 19.2 Å². The van der Waals surface area contributed by atoms with Crippen molar-refractivity contribution in [2.75, 3.05) is 37.3 Å². The number of amides is 2. The first-order chi connectivity index (χ1) is 23.6. The third kappa shape index (κ3) is 6.12. The smallest absolute Gasteiger partial charge is 0.410 e. The fourth-order valence-corrected chi connectivity index (χ4v) is 7.28. The van der Waals surface area contributed by atoms with Crippen LogP contribution in [-0.4, -0.2) is 74.7 Å². The Labute approximate surface area is 293 Å². The largest absolute Gasteiger partial charge is 0.444 e. The monoisotopic (exact) mass is 700 g/mol. The predicted molar refractivity (Wildman–Crippen MR) is 195 cm³/mol. The Morgan fingerprint density at radius 1 is 1.14 bits per heavy atom. The van der Waals surface area contributed by atoms with Gasteiger partial charge in [-0.2, -0.15) is 0 Å². The van der Waals surface area contributed by atoms with E-state index in [2.05, 4.69) is 15.3 Å². The van der Waals surface area contributed by atoms with Crippen molar-refractivity contribution in [2.24, 2.45) is 0 Å². The molecule has 262 valence electrons. The number of pyridine rings is 3. The van der Waals surface area contributed by atoms with E-state index in [1.807, 2.05) is 38.7 Å². The summed E-state index contributed by atoms with van der Waals surface area (Å²) in [5, 5.41) is 3.21. The van der Waals surface area contributed by atoms with Gasteiger partial charge in [-0.3, -0.25) is 19.1 Å². The zero-order chi connectivity index (χ0) is 36.2. The van der Waals surface area contributed by atoms with E-state index >= 15 is 4.39 Å². The van der Waals surface area contributed by atoms with Crippen molar-refractivity contribution >= 4 is 55.4 Å². The summed E-state index contributed by atoms with van der Waals surface area (Å²) in [5.41, 5.74) is 7.64. The summed E-state index contributed by atoms with van der Waals surface area (Å²) in [6, 6.07) is 8.09. The molecule has 1 aliphatic rings. The lowest BCUT2D eigenvalue weighted by atomic mass is 10.0. The predicted octanol–water partition coefficient (Wildman–Crippen LogP) is 6.02. The number of aryl methyl sites for hydroxylation is 1. The minimum Gasteiger partial charge on any atom is -0.444 e. The SMILES string of the molecule is CNC(=O)c1c(N2CCN(C(=O)OC(C)(C)C)[C@H](C)C2)c2cc(F)c(-c3cccc4sc(N)nc34)nc2n(-c2c(C)ccnc2C(C)C)c1=O. The molecule has 1 aliphatic heterocycles. The maximum absolute atomic E-state index is 16.6. The highest BCUT2D eigenvalue weighted by molar-refractivity contribution is 7.22. The number of nitrogens with one attached hydrogen (secondary N) is 1. The van der Waals surface area contributed by atoms with Crippen molar-refractivity contribution in [3.8, 4) is 16.9 Å². The van der Waals surface area contributed by atoms with Gasteiger partial charge < -0.3 is 25.6 Å². The summed E-state index contributed by atoms with van der Waals surface area (Å²) < 4.78 is 24.4. The molecule has 1 saturated heterocycles. The Balaban J connectivity index is 1.67. The lowest BCUT2D eigenvalue weighted by Crippen LogP contribution is -2.55. The van der Waals surface area contributed by atoms with E-state index in [4.69, 9.17) is 15.5 Å². The number of carbonyl (C=O) groups excluding carboxylic acids is 2. The number of halogens is 1. The number of nitrogens with two attached hydrogens (primary N) is 1. The second-order valence-electron chi connectivity index (χ2n) is 13.8. The second-order valence-corrected chi connectivity index (χ2v) is 14.9.